The van der Waals surface area contributed by atoms with Crippen LogP contribution in [0.5, 0.6) is 0 Å². The minimum atomic E-state index is -1.97. The number of carbonyl (C=O) groups excluding carboxylic acids is 3. The van der Waals surface area contributed by atoms with Crippen LogP contribution < -0.4 is 0 Å². The Balaban J connectivity index is 2.25. The SMILES string of the molecule is O=C(O[N+]1(O)C(=O)CCC1=O)c1cccnc1Cl. The number of carbonyl (C=O) groups is 3. The van der Waals surface area contributed by atoms with Gasteiger partial charge in [-0.05, 0) is 12.1 Å². The Morgan fingerprint density at radius 3 is 2.56 bits per heavy atom. The average Bonchev–Trinajstić information content (AvgIpc) is 2.57. The first-order valence-corrected chi connectivity index (χ1v) is 5.36. The first-order chi connectivity index (χ1) is 8.45. The van der Waals surface area contributed by atoms with Gasteiger partial charge in [0.15, 0.2) is 0 Å². The molecule has 1 N–H and O–H groups in total. The van der Waals surface area contributed by atoms with Crippen molar-refractivity contribution in [3.63, 3.8) is 0 Å². The standard InChI is InChI=1S/C10H8ClN2O5/c11-9-6(2-1-5-12-9)10(16)18-13(17)7(14)3-4-8(13)15/h1-2,5,17H,3-4H2/q+1. The second-order valence-corrected chi connectivity index (χ2v) is 3.94. The Morgan fingerprint density at radius 2 is 2.00 bits per heavy atom. The van der Waals surface area contributed by atoms with Gasteiger partial charge in [-0.25, -0.2) is 24.2 Å². The van der Waals surface area contributed by atoms with E-state index in [4.69, 9.17) is 11.6 Å². The number of nitrogens with zero attached hydrogens (tertiary/aromatic N) is 2. The van der Waals surface area contributed by atoms with Crippen molar-refractivity contribution in [3.05, 3.63) is 29.0 Å². The molecule has 1 aromatic rings. The molecule has 18 heavy (non-hydrogen) atoms. The van der Waals surface area contributed by atoms with Gasteiger partial charge < -0.3 is 0 Å². The van der Waals surface area contributed by atoms with Gasteiger partial charge in [0.25, 0.3) is 0 Å². The van der Waals surface area contributed by atoms with Crippen molar-refractivity contribution in [2.75, 3.05) is 0 Å². The molecule has 0 aromatic carbocycles. The molecule has 1 saturated heterocycles. The molecule has 0 radical (unpaired) electrons. The van der Waals surface area contributed by atoms with Crippen molar-refractivity contribution >= 4 is 29.4 Å². The number of aromatic nitrogens is 1. The molecular weight excluding hydrogens is 264 g/mol. The van der Waals surface area contributed by atoms with Crippen molar-refractivity contribution in [1.82, 2.24) is 4.98 Å². The number of pyridine rings is 1. The van der Waals surface area contributed by atoms with Crippen LogP contribution in [0.1, 0.15) is 23.2 Å². The van der Waals surface area contributed by atoms with E-state index in [1.54, 1.807) is 0 Å². The number of imide groups is 1. The maximum absolute atomic E-state index is 11.7. The van der Waals surface area contributed by atoms with Crippen LogP contribution in [0, 0.1) is 0 Å². The molecule has 7 nitrogen and oxygen atoms in total. The van der Waals surface area contributed by atoms with Crippen molar-refractivity contribution in [3.8, 4) is 0 Å². The summed E-state index contributed by atoms with van der Waals surface area (Å²) >= 11 is 5.65. The first-order valence-electron chi connectivity index (χ1n) is 4.98. The zero-order valence-electron chi connectivity index (χ0n) is 9.00. The Bertz CT molecular complexity index is 529. The molecule has 2 rings (SSSR count). The Kier molecular flexibility index (Phi) is 3.12. The summed E-state index contributed by atoms with van der Waals surface area (Å²) in [5.41, 5.74) is -0.141. The number of rotatable bonds is 2. The average molecular weight is 272 g/mol. The number of hydrogen-bond donors (Lipinski definition) is 1. The maximum Gasteiger partial charge on any atom is 0.406 e. The summed E-state index contributed by atoms with van der Waals surface area (Å²) in [6, 6.07) is 2.73. The van der Waals surface area contributed by atoms with Crippen LogP contribution in [0.15, 0.2) is 18.3 Å². The third kappa shape index (κ3) is 1.99. The van der Waals surface area contributed by atoms with E-state index >= 15 is 0 Å². The van der Waals surface area contributed by atoms with Crippen LogP contribution in [0.2, 0.25) is 5.15 Å². The van der Waals surface area contributed by atoms with Gasteiger partial charge in [0.05, 0.1) is 12.8 Å². The molecule has 1 aromatic heterocycles. The quantitative estimate of drug-likeness (QED) is 0.371. The Morgan fingerprint density at radius 1 is 1.39 bits per heavy atom. The summed E-state index contributed by atoms with van der Waals surface area (Å²) in [7, 11) is 0. The van der Waals surface area contributed by atoms with Gasteiger partial charge in [-0.1, -0.05) is 11.6 Å². The number of hydrogen-bond acceptors (Lipinski definition) is 6. The maximum atomic E-state index is 11.7. The fourth-order valence-corrected chi connectivity index (χ4v) is 1.66. The largest absolute Gasteiger partial charge is 0.406 e. The zero-order valence-corrected chi connectivity index (χ0v) is 9.75. The van der Waals surface area contributed by atoms with E-state index in [2.05, 4.69) is 9.82 Å². The lowest BCUT2D eigenvalue weighted by Crippen LogP contribution is -2.50. The lowest BCUT2D eigenvalue weighted by molar-refractivity contribution is -1.12. The zero-order chi connectivity index (χ0) is 13.3. The van der Waals surface area contributed by atoms with Gasteiger partial charge in [-0.15, -0.1) is 0 Å². The third-order valence-corrected chi connectivity index (χ3v) is 2.72. The highest BCUT2D eigenvalue weighted by molar-refractivity contribution is 6.32. The number of halogens is 1. The highest BCUT2D eigenvalue weighted by Crippen LogP contribution is 2.23. The first kappa shape index (κ1) is 12.6. The van der Waals surface area contributed by atoms with Crippen LogP contribution >= 0.6 is 11.6 Å². The van der Waals surface area contributed by atoms with Crippen molar-refractivity contribution < 1.29 is 29.2 Å². The molecule has 8 heteroatoms. The normalized spacial score (nSPS) is 17.9. The molecule has 0 atom stereocenters. The van der Waals surface area contributed by atoms with E-state index in [1.165, 1.54) is 18.3 Å². The monoisotopic (exact) mass is 271 g/mol. The van der Waals surface area contributed by atoms with E-state index in [0.717, 1.165) is 0 Å². The van der Waals surface area contributed by atoms with E-state index in [0.29, 0.717) is 0 Å². The fraction of sp³-hybridized carbons (Fsp3) is 0.200. The molecule has 1 aliphatic heterocycles. The predicted octanol–water partition coefficient (Wildman–Crippen LogP) is 0.860. The minimum Gasteiger partial charge on any atom is -0.244 e. The van der Waals surface area contributed by atoms with Crippen molar-refractivity contribution in [2.45, 2.75) is 12.8 Å². The van der Waals surface area contributed by atoms with Crippen molar-refractivity contribution in [2.24, 2.45) is 0 Å². The van der Waals surface area contributed by atoms with E-state index in [-0.39, 0.29) is 23.6 Å². The highest BCUT2D eigenvalue weighted by Gasteiger charge is 2.55. The van der Waals surface area contributed by atoms with Gasteiger partial charge in [0.2, 0.25) is 0 Å². The third-order valence-electron chi connectivity index (χ3n) is 2.42. The highest BCUT2D eigenvalue weighted by atomic mass is 35.5. The second kappa shape index (κ2) is 4.45. The second-order valence-electron chi connectivity index (χ2n) is 3.58. The molecule has 1 aliphatic rings. The minimum absolute atomic E-state index is 0.141. The number of quaternary nitrogens is 1. The van der Waals surface area contributed by atoms with E-state index in [1.807, 2.05) is 0 Å². The Labute approximate surface area is 106 Å². The van der Waals surface area contributed by atoms with Gasteiger partial charge >= 0.3 is 17.8 Å². The number of amides is 2. The molecule has 0 spiro atoms. The van der Waals surface area contributed by atoms with Crippen LogP contribution in [0.3, 0.4) is 0 Å². The summed E-state index contributed by atoms with van der Waals surface area (Å²) < 4.78 is 0. The van der Waals surface area contributed by atoms with Crippen LogP contribution in [-0.4, -0.2) is 32.8 Å². The smallest absolute Gasteiger partial charge is 0.244 e. The Hall–Kier alpha value is -1.83. The molecule has 94 valence electrons. The summed E-state index contributed by atoms with van der Waals surface area (Å²) in [5, 5.41) is 9.54. The van der Waals surface area contributed by atoms with Gasteiger partial charge in [-0.3, -0.25) is 0 Å². The lowest BCUT2D eigenvalue weighted by atomic mass is 10.3. The van der Waals surface area contributed by atoms with E-state index < -0.39 is 22.6 Å². The molecule has 0 aliphatic carbocycles. The summed E-state index contributed by atoms with van der Waals surface area (Å²) in [5.74, 6) is -2.89. The molecule has 0 unspecified atom stereocenters. The molecule has 0 bridgehead atoms. The summed E-state index contributed by atoms with van der Waals surface area (Å²) in [4.78, 5) is 40.6. The van der Waals surface area contributed by atoms with Gasteiger partial charge in [0.1, 0.15) is 15.5 Å². The molecule has 2 amide bonds. The van der Waals surface area contributed by atoms with Gasteiger partial charge in [0, 0.05) is 6.20 Å². The number of hydroxylamine groups is 4. The summed E-state index contributed by atoms with van der Waals surface area (Å²) in [6.07, 6.45) is 1.00. The van der Waals surface area contributed by atoms with Crippen molar-refractivity contribution in [1.29, 1.82) is 0 Å². The molecular formula is C10H8ClN2O5+. The fourth-order valence-electron chi connectivity index (χ4n) is 1.47. The molecule has 0 saturated carbocycles. The van der Waals surface area contributed by atoms with E-state index in [9.17, 15) is 19.6 Å². The summed E-state index contributed by atoms with van der Waals surface area (Å²) in [6.45, 7) is 0. The van der Waals surface area contributed by atoms with Crippen LogP contribution in [0.4, 0.5) is 0 Å². The van der Waals surface area contributed by atoms with Gasteiger partial charge in [-0.2, -0.15) is 5.21 Å². The molecule has 2 heterocycles. The molecule has 1 fully saturated rings. The lowest BCUT2D eigenvalue weighted by Gasteiger charge is -2.15. The van der Waals surface area contributed by atoms with Crippen LogP contribution in [0.25, 0.3) is 0 Å². The predicted molar refractivity (Wildman–Crippen MR) is 56.0 cm³/mol. The topological polar surface area (TPSA) is 93.6 Å². The van der Waals surface area contributed by atoms with Crippen LogP contribution in [-0.2, 0) is 14.4 Å².